The van der Waals surface area contributed by atoms with Crippen LogP contribution in [-0.4, -0.2) is 20.1 Å². The lowest BCUT2D eigenvalue weighted by Gasteiger charge is -2.19. The van der Waals surface area contributed by atoms with Crippen molar-refractivity contribution in [1.82, 2.24) is 20.1 Å². The Kier molecular flexibility index (Phi) is 5.10. The number of fused-ring (bicyclic) bond motifs is 1. The third kappa shape index (κ3) is 3.89. The molecule has 3 aromatic heterocycles. The van der Waals surface area contributed by atoms with Crippen LogP contribution in [0.25, 0.3) is 22.3 Å². The molecule has 0 aliphatic heterocycles. The van der Waals surface area contributed by atoms with Crippen molar-refractivity contribution in [1.29, 1.82) is 5.26 Å². The summed E-state index contributed by atoms with van der Waals surface area (Å²) in [5, 5.41) is 18.2. The molecule has 0 radical (unpaired) electrons. The molecule has 29 heavy (non-hydrogen) atoms. The van der Waals surface area contributed by atoms with Gasteiger partial charge in [0.05, 0.1) is 17.1 Å². The summed E-state index contributed by atoms with van der Waals surface area (Å²) in [6, 6.07) is 12.6. The van der Waals surface area contributed by atoms with E-state index < -0.39 is 0 Å². The van der Waals surface area contributed by atoms with Gasteiger partial charge in [0.2, 0.25) is 11.7 Å². The molecule has 3 heterocycles. The number of hydrogen-bond donors (Lipinski definition) is 1. The summed E-state index contributed by atoms with van der Waals surface area (Å²) in [4.78, 5) is 13.2. The number of hydrogen-bond acceptors (Lipinski definition) is 7. The first-order valence-corrected chi connectivity index (χ1v) is 9.44. The molecule has 1 unspecified atom stereocenters. The van der Waals surface area contributed by atoms with Gasteiger partial charge in [-0.25, -0.2) is 4.98 Å². The van der Waals surface area contributed by atoms with Gasteiger partial charge >= 0.3 is 0 Å². The van der Waals surface area contributed by atoms with E-state index >= 15 is 0 Å². The summed E-state index contributed by atoms with van der Waals surface area (Å²) in [7, 11) is 0. The molecule has 0 fully saturated rings. The molecule has 0 aliphatic rings. The molecule has 0 aliphatic carbocycles. The van der Waals surface area contributed by atoms with E-state index in [1.54, 1.807) is 36.7 Å². The molecule has 8 heteroatoms. The van der Waals surface area contributed by atoms with Crippen LogP contribution in [0.1, 0.15) is 31.3 Å². The fraction of sp³-hybridized carbons (Fsp3) is 0.190. The number of pyridine rings is 2. The van der Waals surface area contributed by atoms with Crippen molar-refractivity contribution in [3.8, 4) is 17.5 Å². The minimum Gasteiger partial charge on any atom is -0.358 e. The van der Waals surface area contributed by atoms with Gasteiger partial charge in [-0.3, -0.25) is 4.98 Å². The van der Waals surface area contributed by atoms with Gasteiger partial charge in [0.25, 0.3) is 0 Å². The Balaban J connectivity index is 1.69. The number of benzene rings is 1. The van der Waals surface area contributed by atoms with Gasteiger partial charge in [-0.05, 0) is 42.3 Å². The normalized spacial score (nSPS) is 12.1. The van der Waals surface area contributed by atoms with Crippen LogP contribution >= 0.6 is 11.6 Å². The van der Waals surface area contributed by atoms with E-state index in [0.717, 1.165) is 5.56 Å². The van der Waals surface area contributed by atoms with E-state index in [-0.39, 0.29) is 12.0 Å². The quantitative estimate of drug-likeness (QED) is 0.498. The molecule has 1 atom stereocenters. The van der Waals surface area contributed by atoms with E-state index in [9.17, 15) is 5.26 Å². The minimum atomic E-state index is -0.276. The monoisotopic (exact) mass is 404 g/mol. The van der Waals surface area contributed by atoms with Crippen LogP contribution in [0.15, 0.2) is 53.3 Å². The number of nitrogens with one attached hydrogen (secondary N) is 1. The molecule has 7 nitrogen and oxygen atoms in total. The molecule has 0 spiro atoms. The van der Waals surface area contributed by atoms with Crippen molar-refractivity contribution in [3.05, 3.63) is 65.3 Å². The standard InChI is InChI=1S/C21H17ClN6O/c1-12(2)19(21-27-20(28-29-21)13-5-7-24-8-6-13)26-18-9-14(11-23)16-10-15(22)3-4-17(16)25-18/h3-10,12,19H,1-2H3,(H,25,26). The first kappa shape index (κ1) is 18.8. The van der Waals surface area contributed by atoms with Crippen molar-refractivity contribution >= 4 is 28.3 Å². The lowest BCUT2D eigenvalue weighted by atomic mass is 10.0. The van der Waals surface area contributed by atoms with Gasteiger partial charge in [-0.1, -0.05) is 30.6 Å². The van der Waals surface area contributed by atoms with Crippen molar-refractivity contribution in [2.24, 2.45) is 5.92 Å². The number of rotatable bonds is 5. The first-order valence-electron chi connectivity index (χ1n) is 9.06. The molecule has 1 aromatic carbocycles. The highest BCUT2D eigenvalue weighted by molar-refractivity contribution is 6.31. The highest BCUT2D eigenvalue weighted by atomic mass is 35.5. The Morgan fingerprint density at radius 2 is 1.90 bits per heavy atom. The topological polar surface area (TPSA) is 101 Å². The number of halogens is 1. The second-order valence-electron chi connectivity index (χ2n) is 6.89. The third-order valence-corrected chi connectivity index (χ3v) is 4.74. The van der Waals surface area contributed by atoms with Crippen LogP contribution in [0.3, 0.4) is 0 Å². The molecule has 0 saturated heterocycles. The zero-order valence-corrected chi connectivity index (χ0v) is 16.6. The Morgan fingerprint density at radius 3 is 2.62 bits per heavy atom. The van der Waals surface area contributed by atoms with Crippen molar-refractivity contribution in [2.75, 3.05) is 5.32 Å². The van der Waals surface area contributed by atoms with E-state index in [0.29, 0.717) is 39.0 Å². The first-order chi connectivity index (χ1) is 14.0. The highest BCUT2D eigenvalue weighted by Crippen LogP contribution is 2.29. The van der Waals surface area contributed by atoms with Gasteiger partial charge in [-0.15, -0.1) is 0 Å². The van der Waals surface area contributed by atoms with Crippen LogP contribution < -0.4 is 5.32 Å². The Hall–Kier alpha value is -3.50. The maximum Gasteiger partial charge on any atom is 0.249 e. The average Bonchev–Trinajstić information content (AvgIpc) is 3.22. The van der Waals surface area contributed by atoms with Gasteiger partial charge in [0, 0.05) is 28.4 Å². The molecule has 1 N–H and O–H groups in total. The van der Waals surface area contributed by atoms with Gasteiger partial charge in [0.15, 0.2) is 0 Å². The zero-order valence-electron chi connectivity index (χ0n) is 15.8. The Bertz CT molecular complexity index is 1200. The molecule has 0 saturated carbocycles. The molecular formula is C21H17ClN6O. The van der Waals surface area contributed by atoms with Gasteiger partial charge in [-0.2, -0.15) is 10.2 Å². The maximum atomic E-state index is 9.55. The molecule has 144 valence electrons. The number of nitrogens with zero attached hydrogens (tertiary/aromatic N) is 5. The Labute approximate surface area is 172 Å². The van der Waals surface area contributed by atoms with E-state index in [2.05, 4.69) is 31.5 Å². The third-order valence-electron chi connectivity index (χ3n) is 4.51. The number of aromatic nitrogens is 4. The summed E-state index contributed by atoms with van der Waals surface area (Å²) >= 11 is 6.06. The lowest BCUT2D eigenvalue weighted by Crippen LogP contribution is -2.18. The Morgan fingerprint density at radius 1 is 1.10 bits per heavy atom. The van der Waals surface area contributed by atoms with Gasteiger partial charge < -0.3 is 9.84 Å². The van der Waals surface area contributed by atoms with Crippen LogP contribution in [0.2, 0.25) is 5.02 Å². The van der Waals surface area contributed by atoms with E-state index in [4.69, 9.17) is 16.1 Å². The molecule has 4 aromatic rings. The summed E-state index contributed by atoms with van der Waals surface area (Å²) in [6.45, 7) is 4.08. The predicted octanol–water partition coefficient (Wildman–Crippen LogP) is 5.01. The lowest BCUT2D eigenvalue weighted by molar-refractivity contribution is 0.335. The van der Waals surface area contributed by atoms with Crippen LogP contribution in [0.4, 0.5) is 5.82 Å². The molecular weight excluding hydrogens is 388 g/mol. The second kappa shape index (κ2) is 7.86. The summed E-state index contributed by atoms with van der Waals surface area (Å²) < 4.78 is 5.52. The summed E-state index contributed by atoms with van der Waals surface area (Å²) in [5.74, 6) is 1.63. The maximum absolute atomic E-state index is 9.55. The molecule has 4 rings (SSSR count). The fourth-order valence-electron chi connectivity index (χ4n) is 3.02. The number of anilines is 1. The zero-order chi connectivity index (χ0) is 20.4. The highest BCUT2D eigenvalue weighted by Gasteiger charge is 2.24. The molecule has 0 amide bonds. The average molecular weight is 405 g/mol. The molecule has 0 bridgehead atoms. The second-order valence-corrected chi connectivity index (χ2v) is 7.32. The largest absolute Gasteiger partial charge is 0.358 e. The smallest absolute Gasteiger partial charge is 0.249 e. The van der Waals surface area contributed by atoms with Crippen LogP contribution in [-0.2, 0) is 0 Å². The SMILES string of the molecule is CC(C)C(Nc1cc(C#N)c2cc(Cl)ccc2n1)c1nc(-c2ccncc2)no1. The predicted molar refractivity (Wildman–Crippen MR) is 110 cm³/mol. The van der Waals surface area contributed by atoms with Crippen LogP contribution in [0, 0.1) is 17.2 Å². The summed E-state index contributed by atoms with van der Waals surface area (Å²) in [6.07, 6.45) is 3.36. The van der Waals surface area contributed by atoms with E-state index in [1.807, 2.05) is 26.0 Å². The van der Waals surface area contributed by atoms with Crippen molar-refractivity contribution in [3.63, 3.8) is 0 Å². The van der Waals surface area contributed by atoms with Crippen molar-refractivity contribution in [2.45, 2.75) is 19.9 Å². The van der Waals surface area contributed by atoms with Crippen LogP contribution in [0.5, 0.6) is 0 Å². The van der Waals surface area contributed by atoms with Gasteiger partial charge in [0.1, 0.15) is 11.9 Å². The van der Waals surface area contributed by atoms with Crippen molar-refractivity contribution < 1.29 is 4.52 Å². The minimum absolute atomic E-state index is 0.133. The summed E-state index contributed by atoms with van der Waals surface area (Å²) in [5.41, 5.74) is 2.00. The fourth-order valence-corrected chi connectivity index (χ4v) is 3.19. The number of nitriles is 1. The van der Waals surface area contributed by atoms with E-state index in [1.165, 1.54) is 0 Å².